The topological polar surface area (TPSA) is 114 Å². The minimum atomic E-state index is -3.16. The Morgan fingerprint density at radius 3 is 1.00 bits per heavy atom. The Hall–Kier alpha value is -1.39. The zero-order valence-corrected chi connectivity index (χ0v) is 13.9. The van der Waals surface area contributed by atoms with E-state index in [2.05, 4.69) is 23.1 Å². The molecule has 20 heavy (non-hydrogen) atoms. The van der Waals surface area contributed by atoms with Gasteiger partial charge in [0.15, 0.2) is 0 Å². The van der Waals surface area contributed by atoms with Crippen LogP contribution in [0, 0.1) is 0 Å². The maximum Gasteiger partial charge on any atom is 0.507 e. The van der Waals surface area contributed by atoms with Crippen molar-refractivity contribution in [3.8, 4) is 0 Å². The summed E-state index contributed by atoms with van der Waals surface area (Å²) in [6.45, 7) is 1.36. The summed E-state index contributed by atoms with van der Waals surface area (Å²) in [5, 5.41) is 0. The van der Waals surface area contributed by atoms with Crippen LogP contribution in [0.15, 0.2) is 0 Å². The molecule has 0 saturated carbocycles. The predicted octanol–water partition coefficient (Wildman–Crippen LogP) is 0.434. The van der Waals surface area contributed by atoms with E-state index in [9.17, 15) is 18.0 Å². The number of ether oxygens (including phenoxy) is 4. The molecule has 0 rings (SSSR count). The SMILES string of the molecule is COC.COC(=O)OC.COC(C)=O.COS(C)(=O)=O. The largest absolute Gasteiger partial charge is 0.507 e. The zero-order chi connectivity index (χ0) is 17.2. The fourth-order valence-electron chi connectivity index (χ4n) is 0.0833. The highest BCUT2D eigenvalue weighted by Crippen LogP contribution is 1.76. The Balaban J connectivity index is -0.0000000879. The van der Waals surface area contributed by atoms with Gasteiger partial charge in [-0.1, -0.05) is 0 Å². The van der Waals surface area contributed by atoms with E-state index in [4.69, 9.17) is 0 Å². The summed E-state index contributed by atoms with van der Waals surface area (Å²) in [6, 6.07) is 0. The van der Waals surface area contributed by atoms with Crippen LogP contribution in [0.3, 0.4) is 0 Å². The first-order chi connectivity index (χ1) is 9.05. The van der Waals surface area contributed by atoms with Crippen molar-refractivity contribution in [3.05, 3.63) is 0 Å². The molecule has 0 atom stereocenters. The van der Waals surface area contributed by atoms with E-state index in [0.717, 1.165) is 13.4 Å². The van der Waals surface area contributed by atoms with Crippen molar-refractivity contribution >= 4 is 22.2 Å². The van der Waals surface area contributed by atoms with Crippen molar-refractivity contribution < 1.29 is 41.1 Å². The Labute approximate surface area is 120 Å². The lowest BCUT2D eigenvalue weighted by molar-refractivity contribution is -0.137. The minimum absolute atomic E-state index is 0.245. The number of hydrogen-bond donors (Lipinski definition) is 0. The average Bonchev–Trinajstić information content (AvgIpc) is 2.39. The van der Waals surface area contributed by atoms with Crippen LogP contribution in [0.1, 0.15) is 6.92 Å². The van der Waals surface area contributed by atoms with Gasteiger partial charge in [0.25, 0.3) is 10.1 Å². The van der Waals surface area contributed by atoms with Crippen LogP contribution in [0.5, 0.6) is 0 Å². The molecule has 0 spiro atoms. The smallest absolute Gasteiger partial charge is 0.469 e. The number of methoxy groups -OCH3 is 4. The highest BCUT2D eigenvalue weighted by atomic mass is 32.2. The second-order valence-corrected chi connectivity index (χ2v) is 4.37. The second kappa shape index (κ2) is 19.9. The van der Waals surface area contributed by atoms with Gasteiger partial charge in [0.05, 0.1) is 34.7 Å². The molecule has 0 unspecified atom stereocenters. The summed E-state index contributed by atoms with van der Waals surface area (Å²) in [7, 11) is 5.07. The van der Waals surface area contributed by atoms with Crippen LogP contribution in [-0.4, -0.2) is 69.5 Å². The first-order valence-electron chi connectivity index (χ1n) is 4.88. The van der Waals surface area contributed by atoms with Gasteiger partial charge in [-0.05, 0) is 0 Å². The molecule has 124 valence electrons. The molecule has 0 radical (unpaired) electrons. The molecule has 0 aliphatic rings. The molecular weight excluding hydrogens is 296 g/mol. The van der Waals surface area contributed by atoms with Gasteiger partial charge >= 0.3 is 12.1 Å². The molecule has 9 nitrogen and oxygen atoms in total. The molecule has 0 fully saturated rings. The third-order valence-electron chi connectivity index (χ3n) is 0.924. The number of esters is 1. The van der Waals surface area contributed by atoms with E-state index in [1.807, 2.05) is 0 Å². The molecule has 0 aromatic rings. The highest BCUT2D eigenvalue weighted by molar-refractivity contribution is 7.85. The van der Waals surface area contributed by atoms with Crippen LogP contribution in [0.2, 0.25) is 0 Å². The molecule has 10 heteroatoms. The predicted molar refractivity (Wildman–Crippen MR) is 71.9 cm³/mol. The standard InChI is InChI=1S/C3H6O3.C3H6O2.C2H6O3S.C2H6O/c1-5-3(4)6-2;1-3(4)5-2;1-5-6(2,3)4;1-3-2/h1-2H3;1-2H3;1-2H3;1-2H3. The zero-order valence-electron chi connectivity index (χ0n) is 13.1. The average molecular weight is 320 g/mol. The molecule has 0 aromatic carbocycles. The van der Waals surface area contributed by atoms with Gasteiger partial charge in [0.1, 0.15) is 0 Å². The number of carbonyl (C=O) groups excluding carboxylic acids is 2. The van der Waals surface area contributed by atoms with Crippen molar-refractivity contribution in [1.82, 2.24) is 0 Å². The molecular formula is C10H24O9S. The normalized spacial score (nSPS) is 8.20. The van der Waals surface area contributed by atoms with E-state index >= 15 is 0 Å². The van der Waals surface area contributed by atoms with Gasteiger partial charge in [0.2, 0.25) is 0 Å². The summed E-state index contributed by atoms with van der Waals surface area (Å²) < 4.78 is 39.9. The van der Waals surface area contributed by atoms with Crippen LogP contribution in [-0.2, 0) is 38.0 Å². The third kappa shape index (κ3) is 69.9. The molecule has 0 N–H and O–H groups in total. The van der Waals surface area contributed by atoms with E-state index < -0.39 is 16.3 Å². The fourth-order valence-corrected chi connectivity index (χ4v) is 0.0833. The summed E-state index contributed by atoms with van der Waals surface area (Å²) >= 11 is 0. The second-order valence-electron chi connectivity index (χ2n) is 2.63. The molecule has 0 aromatic heterocycles. The van der Waals surface area contributed by atoms with Crippen LogP contribution >= 0.6 is 0 Å². The molecule has 0 amide bonds. The Morgan fingerprint density at radius 1 is 0.800 bits per heavy atom. The quantitative estimate of drug-likeness (QED) is 0.501. The van der Waals surface area contributed by atoms with Gasteiger partial charge in [-0.2, -0.15) is 8.42 Å². The van der Waals surface area contributed by atoms with Crippen molar-refractivity contribution in [2.45, 2.75) is 6.92 Å². The number of hydrogen-bond acceptors (Lipinski definition) is 9. The van der Waals surface area contributed by atoms with Crippen molar-refractivity contribution in [2.75, 3.05) is 48.9 Å². The maximum atomic E-state index is 9.78. The lowest BCUT2D eigenvalue weighted by Gasteiger charge is -1.89. The van der Waals surface area contributed by atoms with Crippen molar-refractivity contribution in [1.29, 1.82) is 0 Å². The lowest BCUT2D eigenvalue weighted by Crippen LogP contribution is -1.97. The first-order valence-corrected chi connectivity index (χ1v) is 6.69. The monoisotopic (exact) mass is 320 g/mol. The van der Waals surface area contributed by atoms with Crippen LogP contribution < -0.4 is 0 Å². The van der Waals surface area contributed by atoms with Crippen molar-refractivity contribution in [3.63, 3.8) is 0 Å². The van der Waals surface area contributed by atoms with Gasteiger partial charge in [-0.3, -0.25) is 8.98 Å². The number of carbonyl (C=O) groups is 2. The van der Waals surface area contributed by atoms with Gasteiger partial charge < -0.3 is 18.9 Å². The molecule has 0 aliphatic carbocycles. The minimum Gasteiger partial charge on any atom is -0.469 e. The summed E-state index contributed by atoms with van der Waals surface area (Å²) in [5.41, 5.74) is 0. The summed E-state index contributed by atoms with van der Waals surface area (Å²) in [5.74, 6) is -0.245. The molecule has 0 aliphatic heterocycles. The van der Waals surface area contributed by atoms with E-state index in [-0.39, 0.29) is 5.97 Å². The van der Waals surface area contributed by atoms with E-state index in [0.29, 0.717) is 0 Å². The van der Waals surface area contributed by atoms with Crippen LogP contribution in [0.25, 0.3) is 0 Å². The molecule has 0 bridgehead atoms. The van der Waals surface area contributed by atoms with Gasteiger partial charge in [0, 0.05) is 21.1 Å². The van der Waals surface area contributed by atoms with E-state index in [1.165, 1.54) is 28.3 Å². The summed E-state index contributed by atoms with van der Waals surface area (Å²) in [4.78, 5) is 19.3. The van der Waals surface area contributed by atoms with Crippen LogP contribution in [0.4, 0.5) is 4.79 Å². The molecule has 0 heterocycles. The van der Waals surface area contributed by atoms with Gasteiger partial charge in [-0.25, -0.2) is 4.79 Å². The molecule has 0 saturated heterocycles. The highest BCUT2D eigenvalue weighted by Gasteiger charge is 1.90. The Kier molecular flexibility index (Phi) is 27.0. The van der Waals surface area contributed by atoms with E-state index in [1.54, 1.807) is 14.2 Å². The Bertz CT molecular complexity index is 305. The first kappa shape index (κ1) is 27.0. The summed E-state index contributed by atoms with van der Waals surface area (Å²) in [6.07, 6.45) is 0.336. The Morgan fingerprint density at radius 2 is 1.00 bits per heavy atom. The fraction of sp³-hybridized carbons (Fsp3) is 0.800. The lowest BCUT2D eigenvalue weighted by atomic mass is 10.8. The number of rotatable bonds is 1. The van der Waals surface area contributed by atoms with Crippen molar-refractivity contribution in [2.24, 2.45) is 0 Å². The maximum absolute atomic E-state index is 9.78. The van der Waals surface area contributed by atoms with Gasteiger partial charge in [-0.15, -0.1) is 0 Å². The third-order valence-corrected chi connectivity index (χ3v) is 1.53.